The number of morpholine rings is 1. The second-order valence-corrected chi connectivity index (χ2v) is 9.30. The minimum Gasteiger partial charge on any atom is -0.372 e. The van der Waals surface area contributed by atoms with Gasteiger partial charge >= 0.3 is 11.8 Å². The van der Waals surface area contributed by atoms with Gasteiger partial charge in [-0.1, -0.05) is 20.8 Å². The average molecular weight is 421 g/mol. The van der Waals surface area contributed by atoms with E-state index < -0.39 is 18.1 Å². The predicted molar refractivity (Wildman–Crippen MR) is 110 cm³/mol. The summed E-state index contributed by atoms with van der Waals surface area (Å²) in [7, 11) is 0. The first kappa shape index (κ1) is 22.2. The summed E-state index contributed by atoms with van der Waals surface area (Å²) < 4.78 is 7.13. The molecule has 10 heteroatoms. The molecular formula is C20H32N6O4. The van der Waals surface area contributed by atoms with Crippen LogP contribution in [0.4, 0.5) is 5.82 Å². The second kappa shape index (κ2) is 8.35. The van der Waals surface area contributed by atoms with Crippen molar-refractivity contribution in [3.05, 3.63) is 11.8 Å². The summed E-state index contributed by atoms with van der Waals surface area (Å²) in [6.45, 7) is 12.4. The van der Waals surface area contributed by atoms with Crippen molar-refractivity contribution in [1.82, 2.24) is 25.3 Å². The van der Waals surface area contributed by atoms with Crippen molar-refractivity contribution in [2.75, 3.05) is 18.4 Å². The zero-order valence-corrected chi connectivity index (χ0v) is 18.5. The fraction of sp³-hybridized carbons (Fsp3) is 0.700. The van der Waals surface area contributed by atoms with Crippen LogP contribution in [0, 0.1) is 12.3 Å². The number of hydrogen-bond donors (Lipinski definition) is 3. The highest BCUT2D eigenvalue weighted by molar-refractivity contribution is 6.39. The van der Waals surface area contributed by atoms with Crippen LogP contribution in [-0.4, -0.2) is 63.7 Å². The molecule has 2 aliphatic heterocycles. The van der Waals surface area contributed by atoms with Crippen LogP contribution in [0.2, 0.25) is 0 Å². The Balaban J connectivity index is 1.76. The Labute approximate surface area is 176 Å². The van der Waals surface area contributed by atoms with Gasteiger partial charge in [0.1, 0.15) is 5.82 Å². The first-order chi connectivity index (χ1) is 13.9. The van der Waals surface area contributed by atoms with Crippen LogP contribution in [-0.2, 0) is 19.1 Å². The highest BCUT2D eigenvalue weighted by Gasteiger charge is 2.36. The van der Waals surface area contributed by atoms with E-state index in [1.165, 1.54) is 9.58 Å². The van der Waals surface area contributed by atoms with Crippen molar-refractivity contribution >= 4 is 23.5 Å². The average Bonchev–Trinajstić information content (AvgIpc) is 2.99. The maximum atomic E-state index is 12.7. The molecule has 2 saturated heterocycles. The lowest BCUT2D eigenvalue weighted by Gasteiger charge is -2.39. The molecule has 4 unspecified atom stereocenters. The third-order valence-corrected chi connectivity index (χ3v) is 5.34. The molecule has 3 heterocycles. The van der Waals surface area contributed by atoms with Gasteiger partial charge in [-0.25, -0.2) is 4.68 Å². The van der Waals surface area contributed by atoms with Crippen molar-refractivity contribution in [2.45, 2.75) is 72.5 Å². The maximum absolute atomic E-state index is 12.7. The third-order valence-electron chi connectivity index (χ3n) is 5.34. The Morgan fingerprint density at radius 2 is 1.87 bits per heavy atom. The number of rotatable bonds is 2. The Hall–Kier alpha value is -2.46. The molecule has 1 aromatic rings. The highest BCUT2D eigenvalue weighted by Crippen LogP contribution is 2.27. The highest BCUT2D eigenvalue weighted by atomic mass is 16.5. The number of hydrogen-bond acceptors (Lipinski definition) is 6. The number of aromatic nitrogens is 2. The summed E-state index contributed by atoms with van der Waals surface area (Å²) in [6.07, 6.45) is -0.532. The van der Waals surface area contributed by atoms with Gasteiger partial charge in [0.25, 0.3) is 0 Å². The molecule has 0 aromatic carbocycles. The Kier molecular flexibility index (Phi) is 6.19. The summed E-state index contributed by atoms with van der Waals surface area (Å²) in [4.78, 5) is 39.1. The van der Waals surface area contributed by atoms with Crippen LogP contribution in [0.1, 0.15) is 53.0 Å². The normalized spacial score (nSPS) is 27.5. The monoisotopic (exact) mass is 420 g/mol. The molecule has 3 N–H and O–H groups in total. The third kappa shape index (κ3) is 4.99. The van der Waals surface area contributed by atoms with Gasteiger partial charge in [-0.2, -0.15) is 5.10 Å². The Morgan fingerprint density at radius 1 is 1.23 bits per heavy atom. The van der Waals surface area contributed by atoms with Gasteiger partial charge in [0.2, 0.25) is 5.91 Å². The molecule has 2 fully saturated rings. The molecule has 0 aliphatic carbocycles. The van der Waals surface area contributed by atoms with E-state index in [1.807, 2.05) is 13.8 Å². The smallest absolute Gasteiger partial charge is 0.315 e. The van der Waals surface area contributed by atoms with Crippen molar-refractivity contribution < 1.29 is 19.1 Å². The number of nitrogens with one attached hydrogen (secondary N) is 3. The van der Waals surface area contributed by atoms with Crippen molar-refractivity contribution in [2.24, 2.45) is 5.41 Å². The SMILES string of the molecule is Cc1cc(NC(=O)C(=O)N2CC(C)OC(C)C2)n(C2NC(=O)CC(C(C)(C)C)N2)n1. The van der Waals surface area contributed by atoms with Crippen molar-refractivity contribution in [3.8, 4) is 0 Å². The second-order valence-electron chi connectivity index (χ2n) is 9.30. The van der Waals surface area contributed by atoms with Gasteiger partial charge in [0.05, 0.1) is 17.9 Å². The molecule has 1 aromatic heterocycles. The number of nitrogens with zero attached hydrogens (tertiary/aromatic N) is 3. The van der Waals surface area contributed by atoms with Gasteiger partial charge in [-0.15, -0.1) is 0 Å². The van der Waals surface area contributed by atoms with E-state index in [-0.39, 0.29) is 29.6 Å². The molecule has 10 nitrogen and oxygen atoms in total. The quantitative estimate of drug-likeness (QED) is 0.608. The molecule has 0 bridgehead atoms. The number of carbonyl (C=O) groups is 3. The minimum absolute atomic E-state index is 0.0673. The van der Waals surface area contributed by atoms with Crippen LogP contribution in [0.15, 0.2) is 6.07 Å². The first-order valence-corrected chi connectivity index (χ1v) is 10.3. The lowest BCUT2D eigenvalue weighted by molar-refractivity contribution is -0.151. The predicted octanol–water partition coefficient (Wildman–Crippen LogP) is 0.746. The molecule has 0 spiro atoms. The molecule has 2 aliphatic rings. The minimum atomic E-state index is -0.744. The van der Waals surface area contributed by atoms with Gasteiger partial charge in [0.15, 0.2) is 6.29 Å². The standard InChI is InChI=1S/C20H32N6O4/c1-11-7-15(22-17(28)18(29)25-9-12(2)30-13(3)10-25)26(24-11)19-21-14(20(4,5)6)8-16(27)23-19/h7,12-14,19,21H,8-10H2,1-6H3,(H,22,28)(H,23,27). The summed E-state index contributed by atoms with van der Waals surface area (Å²) in [5, 5.41) is 13.3. The van der Waals surface area contributed by atoms with Crippen LogP contribution >= 0.6 is 0 Å². The summed E-state index contributed by atoms with van der Waals surface area (Å²) in [5.41, 5.74) is 0.515. The van der Waals surface area contributed by atoms with Gasteiger partial charge in [-0.05, 0) is 26.2 Å². The summed E-state index contributed by atoms with van der Waals surface area (Å²) >= 11 is 0. The number of aryl methyl sites for hydroxylation is 1. The number of amides is 3. The van der Waals surface area contributed by atoms with Crippen LogP contribution in [0.5, 0.6) is 0 Å². The Morgan fingerprint density at radius 3 is 2.47 bits per heavy atom. The van der Waals surface area contributed by atoms with E-state index in [1.54, 1.807) is 13.0 Å². The van der Waals surface area contributed by atoms with E-state index >= 15 is 0 Å². The van der Waals surface area contributed by atoms with Crippen molar-refractivity contribution in [1.29, 1.82) is 0 Å². The van der Waals surface area contributed by atoms with Gasteiger partial charge in [-0.3, -0.25) is 19.7 Å². The fourth-order valence-corrected chi connectivity index (χ4v) is 3.84. The summed E-state index contributed by atoms with van der Waals surface area (Å²) in [6, 6.07) is 1.60. The van der Waals surface area contributed by atoms with Gasteiger partial charge in [0, 0.05) is 31.6 Å². The van der Waals surface area contributed by atoms with Gasteiger partial charge < -0.3 is 20.3 Å². The number of anilines is 1. The molecular weight excluding hydrogens is 388 g/mol. The number of carbonyl (C=O) groups excluding carboxylic acids is 3. The molecule has 0 saturated carbocycles. The maximum Gasteiger partial charge on any atom is 0.315 e. The van der Waals surface area contributed by atoms with E-state index in [0.717, 1.165) is 0 Å². The largest absolute Gasteiger partial charge is 0.372 e. The van der Waals surface area contributed by atoms with E-state index in [9.17, 15) is 14.4 Å². The van der Waals surface area contributed by atoms with E-state index in [2.05, 4.69) is 41.8 Å². The molecule has 30 heavy (non-hydrogen) atoms. The summed E-state index contributed by atoms with van der Waals surface area (Å²) in [5.74, 6) is -1.12. The molecule has 166 valence electrons. The van der Waals surface area contributed by atoms with Crippen LogP contribution in [0.25, 0.3) is 0 Å². The lowest BCUT2D eigenvalue weighted by atomic mass is 9.84. The lowest BCUT2D eigenvalue weighted by Crippen LogP contribution is -2.57. The Bertz CT molecular complexity index is 820. The zero-order chi connectivity index (χ0) is 22.2. The van der Waals surface area contributed by atoms with E-state index in [4.69, 9.17) is 4.74 Å². The first-order valence-electron chi connectivity index (χ1n) is 10.3. The van der Waals surface area contributed by atoms with E-state index in [0.29, 0.717) is 31.0 Å². The fourth-order valence-electron chi connectivity index (χ4n) is 3.84. The molecule has 4 atom stereocenters. The zero-order valence-electron chi connectivity index (χ0n) is 18.5. The van der Waals surface area contributed by atoms with Crippen molar-refractivity contribution in [3.63, 3.8) is 0 Å². The van der Waals surface area contributed by atoms with Crippen LogP contribution < -0.4 is 16.0 Å². The topological polar surface area (TPSA) is 118 Å². The molecule has 0 radical (unpaired) electrons. The number of ether oxygens (including phenoxy) is 1. The molecule has 3 rings (SSSR count). The van der Waals surface area contributed by atoms with Crippen LogP contribution in [0.3, 0.4) is 0 Å². The molecule has 3 amide bonds.